The predicted octanol–water partition coefficient (Wildman–Crippen LogP) is 11.3. The molecule has 18 atom stereocenters. The van der Waals surface area contributed by atoms with E-state index in [2.05, 4.69) is 45.1 Å². The van der Waals surface area contributed by atoms with Gasteiger partial charge in [0, 0.05) is 19.3 Å². The first-order valence-corrected chi connectivity index (χ1v) is 40.6. The van der Waals surface area contributed by atoms with Gasteiger partial charge in [0.15, 0.2) is 18.7 Å². The van der Waals surface area contributed by atoms with Gasteiger partial charge in [0.1, 0.15) is 98.7 Å². The Labute approximate surface area is 598 Å². The van der Waals surface area contributed by atoms with Crippen molar-refractivity contribution in [3.8, 4) is 0 Å². The van der Waals surface area contributed by atoms with Crippen molar-refractivity contribution in [3.63, 3.8) is 0 Å². The van der Waals surface area contributed by atoms with E-state index in [-0.39, 0.29) is 19.3 Å². The van der Waals surface area contributed by atoms with Crippen LogP contribution in [0.3, 0.4) is 0 Å². The number of carbonyl (C=O) groups is 3. The maximum absolute atomic E-state index is 14.3. The fourth-order valence-electron chi connectivity index (χ4n) is 12.8. The van der Waals surface area contributed by atoms with Gasteiger partial charge in [-0.05, 0) is 70.6 Å². The van der Waals surface area contributed by atoms with Crippen molar-refractivity contribution in [2.75, 3.05) is 26.4 Å². The summed E-state index contributed by atoms with van der Waals surface area (Å²) < 4.78 is 65.1. The fraction of sp³-hybridized carbons (Fsp3) is 0.907. The predicted molar refractivity (Wildman–Crippen MR) is 379 cm³/mol. The molecule has 24 nitrogen and oxygen atoms in total. The van der Waals surface area contributed by atoms with Gasteiger partial charge in [-0.2, -0.15) is 0 Å². The van der Waals surface area contributed by atoms with Crippen molar-refractivity contribution in [1.82, 2.24) is 0 Å². The van der Waals surface area contributed by atoms with E-state index in [1.807, 2.05) is 0 Å². The van der Waals surface area contributed by atoms with Crippen LogP contribution < -0.4 is 0 Å². The van der Waals surface area contributed by atoms with E-state index in [4.69, 9.17) is 42.2 Å². The van der Waals surface area contributed by atoms with Crippen LogP contribution >= 0.6 is 7.82 Å². The lowest BCUT2D eigenvalue weighted by molar-refractivity contribution is -0.360. The van der Waals surface area contributed by atoms with Gasteiger partial charge >= 0.3 is 25.7 Å². The van der Waals surface area contributed by atoms with Gasteiger partial charge in [0.25, 0.3) is 0 Å². The average Bonchev–Trinajstić information content (AvgIpc) is 0.762. The van der Waals surface area contributed by atoms with Crippen LogP contribution in [-0.2, 0) is 61.2 Å². The summed E-state index contributed by atoms with van der Waals surface area (Å²) in [5.41, 5.74) is 0. The van der Waals surface area contributed by atoms with Gasteiger partial charge in [0.2, 0.25) is 0 Å². The zero-order valence-corrected chi connectivity index (χ0v) is 62.1. The third-order valence-corrected chi connectivity index (χ3v) is 20.2. The van der Waals surface area contributed by atoms with Gasteiger partial charge in [-0.1, -0.05) is 238 Å². The maximum atomic E-state index is 14.3. The number of rotatable bonds is 61. The maximum Gasteiger partial charge on any atom is 0.472 e. The lowest BCUT2D eigenvalue weighted by Crippen LogP contribution is -2.69. The molecule has 0 spiro atoms. The molecule has 25 heteroatoms. The Morgan fingerprint density at radius 3 is 1.10 bits per heavy atom. The Balaban J connectivity index is 1.72. The summed E-state index contributed by atoms with van der Waals surface area (Å²) in [6.07, 6.45) is 18.0. The number of carbonyl (C=O) groups excluding carboxylic acids is 3. The van der Waals surface area contributed by atoms with Crippen molar-refractivity contribution in [1.29, 1.82) is 0 Å². The van der Waals surface area contributed by atoms with Crippen LogP contribution in [0.2, 0.25) is 0 Å². The molecule has 100 heavy (non-hydrogen) atoms. The van der Waals surface area contributed by atoms with Crippen molar-refractivity contribution < 1.29 is 117 Å². The normalized spacial score (nSPS) is 27.4. The number of phosphoric ester groups is 1. The molecule has 18 unspecified atom stereocenters. The highest BCUT2D eigenvalue weighted by Gasteiger charge is 2.58. The number of ether oxygens (including phenoxy) is 7. The van der Waals surface area contributed by atoms with E-state index in [1.165, 1.54) is 128 Å². The minimum absolute atomic E-state index is 0.0232. The molecule has 0 radical (unpaired) electrons. The number of allylic oxidation sites excluding steroid dienone is 4. The van der Waals surface area contributed by atoms with Crippen molar-refractivity contribution in [3.05, 3.63) is 24.3 Å². The van der Waals surface area contributed by atoms with E-state index in [1.54, 1.807) is 0 Å². The molecule has 1 saturated carbocycles. The third-order valence-electron chi connectivity index (χ3n) is 19.2. The molecule has 0 bridgehead atoms. The summed E-state index contributed by atoms with van der Waals surface area (Å²) in [6.45, 7) is 3.44. The summed E-state index contributed by atoms with van der Waals surface area (Å²) in [5.74, 6) is -2.00. The standard InChI is InChI=1S/C75H137O24P/c1-4-7-10-13-16-19-22-25-28-30-33-36-39-42-45-48-51-61(79)94-56(53-91-59(77)49-46-43-40-37-34-31-27-24-21-18-15-12-9-6-3)54-93-100(89,90)99-73-71(97-74-69(87)64(82)62(80)57(52-76)95-74)67(85)66(84)68(86)72(73)98-75-70(88)65(83)63(81)58(96-75)55-92-60(78)50-47-44-41-38-35-32-29-26-23-20-17-14-11-8-5-2/h20,23,31,34,56-58,62-76,80-88H,4-19,21-22,24-30,32-33,35-55H2,1-3H3,(H,89,90)/b23-20-,34-31-. The molecule has 0 aromatic rings. The van der Waals surface area contributed by atoms with Gasteiger partial charge in [-0.3, -0.25) is 23.4 Å². The second-order valence-electron chi connectivity index (χ2n) is 28.1. The highest BCUT2D eigenvalue weighted by molar-refractivity contribution is 7.47. The molecule has 3 aliphatic rings. The van der Waals surface area contributed by atoms with Gasteiger partial charge < -0.3 is 89.1 Å². The Morgan fingerprint density at radius 2 is 0.700 bits per heavy atom. The fourth-order valence-corrected chi connectivity index (χ4v) is 13.8. The van der Waals surface area contributed by atoms with Crippen molar-refractivity contribution in [2.24, 2.45) is 0 Å². The molecule has 3 rings (SSSR count). The van der Waals surface area contributed by atoms with Crippen molar-refractivity contribution in [2.45, 2.75) is 407 Å². The van der Waals surface area contributed by atoms with E-state index < -0.39 is 156 Å². The van der Waals surface area contributed by atoms with Crippen LogP contribution in [0.1, 0.15) is 303 Å². The molecule has 2 aliphatic heterocycles. The molecule has 1 aliphatic carbocycles. The minimum atomic E-state index is -5.70. The lowest BCUT2D eigenvalue weighted by atomic mass is 9.84. The highest BCUT2D eigenvalue weighted by Crippen LogP contribution is 2.49. The molecule has 0 aromatic carbocycles. The number of unbranched alkanes of at least 4 members (excludes halogenated alkanes) is 36. The van der Waals surface area contributed by atoms with E-state index in [0.29, 0.717) is 19.3 Å². The zero-order valence-electron chi connectivity index (χ0n) is 61.2. The number of aliphatic hydroxyl groups excluding tert-OH is 10. The molecule has 3 fully saturated rings. The van der Waals surface area contributed by atoms with Gasteiger partial charge in [-0.25, -0.2) is 4.57 Å². The second kappa shape index (κ2) is 56.7. The zero-order chi connectivity index (χ0) is 73.2. The first-order chi connectivity index (χ1) is 48.3. The number of aliphatic hydroxyl groups is 10. The molecular formula is C75H137O24P. The highest BCUT2D eigenvalue weighted by atomic mass is 31.2. The molecule has 2 saturated heterocycles. The van der Waals surface area contributed by atoms with Crippen LogP contribution in [0.5, 0.6) is 0 Å². The summed E-state index contributed by atoms with van der Waals surface area (Å²) in [5, 5.41) is 110. The quantitative estimate of drug-likeness (QED) is 0.00886. The van der Waals surface area contributed by atoms with E-state index >= 15 is 0 Å². The smallest absolute Gasteiger partial charge is 0.463 e. The number of phosphoric acid groups is 1. The largest absolute Gasteiger partial charge is 0.472 e. The molecule has 0 aromatic heterocycles. The van der Waals surface area contributed by atoms with Crippen LogP contribution in [0.25, 0.3) is 0 Å². The van der Waals surface area contributed by atoms with Crippen LogP contribution in [-0.4, -0.2) is 204 Å². The Kier molecular flexibility index (Phi) is 52.0. The molecule has 0 amide bonds. The van der Waals surface area contributed by atoms with E-state index in [0.717, 1.165) is 116 Å². The SMILES string of the molecule is CCCCCC/C=C\CCCCCCCCCC(=O)OCC1OC(OC2C(O)C(O)C(O)C(OC3OC(CO)C(O)C(O)C3O)C2OP(=O)(O)OCC(COC(=O)CCCCC/C=C\CCCCCCCCC)OC(=O)CCCCCCCCCCCCCCCCCC)C(O)C(O)C1O. The summed E-state index contributed by atoms with van der Waals surface area (Å²) in [6, 6.07) is 0. The monoisotopic (exact) mass is 1450 g/mol. The second-order valence-corrected chi connectivity index (χ2v) is 29.5. The Hall–Kier alpha value is -2.56. The molecule has 2 heterocycles. The summed E-state index contributed by atoms with van der Waals surface area (Å²) in [7, 11) is -5.70. The molecular weight excluding hydrogens is 1320 g/mol. The first-order valence-electron chi connectivity index (χ1n) is 39.1. The Morgan fingerprint density at radius 1 is 0.380 bits per heavy atom. The topological polar surface area (TPSA) is 374 Å². The van der Waals surface area contributed by atoms with Crippen LogP contribution in [0, 0.1) is 0 Å². The summed E-state index contributed by atoms with van der Waals surface area (Å²) in [4.78, 5) is 51.1. The van der Waals surface area contributed by atoms with Gasteiger partial charge in [-0.15, -0.1) is 0 Å². The third kappa shape index (κ3) is 39.2. The van der Waals surface area contributed by atoms with Crippen LogP contribution in [0.15, 0.2) is 24.3 Å². The van der Waals surface area contributed by atoms with Gasteiger partial charge in [0.05, 0.1) is 13.2 Å². The number of esters is 3. The summed E-state index contributed by atoms with van der Waals surface area (Å²) >= 11 is 0. The average molecular weight is 1450 g/mol. The molecule has 11 N–H and O–H groups in total. The van der Waals surface area contributed by atoms with Crippen molar-refractivity contribution >= 4 is 25.7 Å². The van der Waals surface area contributed by atoms with Crippen LogP contribution in [0.4, 0.5) is 0 Å². The number of hydrogen-bond acceptors (Lipinski definition) is 23. The van der Waals surface area contributed by atoms with E-state index in [9.17, 15) is 74.9 Å². The Bertz CT molecular complexity index is 2160. The lowest BCUT2D eigenvalue weighted by Gasteiger charge is -2.49. The number of hydrogen-bond donors (Lipinski definition) is 11. The first kappa shape index (κ1) is 91.6. The molecule has 586 valence electrons. The minimum Gasteiger partial charge on any atom is -0.463 e.